The van der Waals surface area contributed by atoms with E-state index in [1.165, 1.54) is 0 Å². The Hall–Kier alpha value is -1.01. The minimum absolute atomic E-state index is 0. The molecular formula is C17H22Cl3N3O2. The molecule has 3 rings (SSSR count). The predicted molar refractivity (Wildman–Crippen MR) is 103 cm³/mol. The van der Waals surface area contributed by atoms with Crippen LogP contribution in [0.2, 0.25) is 10.0 Å². The van der Waals surface area contributed by atoms with Crippen molar-refractivity contribution in [1.29, 1.82) is 0 Å². The highest BCUT2D eigenvalue weighted by atomic mass is 35.5. The average molecular weight is 407 g/mol. The molecule has 1 unspecified atom stereocenters. The molecule has 0 spiro atoms. The summed E-state index contributed by atoms with van der Waals surface area (Å²) in [4.78, 5) is 26.7. The largest absolute Gasteiger partial charge is 0.344 e. The van der Waals surface area contributed by atoms with Gasteiger partial charge in [-0.3, -0.25) is 9.59 Å². The van der Waals surface area contributed by atoms with Crippen LogP contribution in [0.15, 0.2) is 18.2 Å². The second kappa shape index (κ2) is 8.58. The molecule has 2 N–H and O–H groups in total. The van der Waals surface area contributed by atoms with Crippen molar-refractivity contribution in [2.75, 3.05) is 18.0 Å². The monoisotopic (exact) mass is 405 g/mol. The van der Waals surface area contributed by atoms with Crippen molar-refractivity contribution in [3.8, 4) is 0 Å². The number of hydrogen-bond donors (Lipinski definition) is 2. The summed E-state index contributed by atoms with van der Waals surface area (Å²) >= 11 is 12.0. The van der Waals surface area contributed by atoms with Gasteiger partial charge in [0.25, 0.3) is 0 Å². The Morgan fingerprint density at radius 2 is 2.04 bits per heavy atom. The van der Waals surface area contributed by atoms with E-state index in [4.69, 9.17) is 23.2 Å². The van der Waals surface area contributed by atoms with Crippen LogP contribution in [-0.4, -0.2) is 37.0 Å². The summed E-state index contributed by atoms with van der Waals surface area (Å²) in [5.74, 6) is -0.130. The van der Waals surface area contributed by atoms with E-state index in [2.05, 4.69) is 17.6 Å². The lowest BCUT2D eigenvalue weighted by Gasteiger charge is -2.28. The van der Waals surface area contributed by atoms with Gasteiger partial charge in [-0.2, -0.15) is 0 Å². The first-order valence-corrected chi connectivity index (χ1v) is 9.01. The van der Waals surface area contributed by atoms with Gasteiger partial charge in [-0.15, -0.1) is 12.4 Å². The maximum atomic E-state index is 12.6. The number of carbonyl (C=O) groups is 2. The minimum Gasteiger partial charge on any atom is -0.344 e. The smallest absolute Gasteiger partial charge is 0.249 e. The van der Waals surface area contributed by atoms with E-state index < -0.39 is 6.04 Å². The number of nitrogens with one attached hydrogen (secondary N) is 2. The van der Waals surface area contributed by atoms with Crippen LogP contribution in [0, 0.1) is 5.92 Å². The molecule has 2 aliphatic rings. The highest BCUT2D eigenvalue weighted by Gasteiger charge is 2.35. The third-order valence-electron chi connectivity index (χ3n) is 4.73. The summed E-state index contributed by atoms with van der Waals surface area (Å²) in [6.07, 6.45) is 2.22. The first-order valence-electron chi connectivity index (χ1n) is 8.26. The molecule has 1 aromatic rings. The fourth-order valence-electron chi connectivity index (χ4n) is 3.38. The number of benzene rings is 1. The van der Waals surface area contributed by atoms with Crippen LogP contribution in [-0.2, 0) is 9.59 Å². The Morgan fingerprint density at radius 1 is 1.28 bits per heavy atom. The number of anilines is 1. The molecule has 25 heavy (non-hydrogen) atoms. The van der Waals surface area contributed by atoms with E-state index in [9.17, 15) is 9.59 Å². The summed E-state index contributed by atoms with van der Waals surface area (Å²) in [6.45, 7) is 3.48. The molecule has 0 aromatic heterocycles. The summed E-state index contributed by atoms with van der Waals surface area (Å²) in [5, 5.41) is 7.13. The molecule has 2 heterocycles. The summed E-state index contributed by atoms with van der Waals surface area (Å²) in [7, 11) is 0. The van der Waals surface area contributed by atoms with Gasteiger partial charge in [0.1, 0.15) is 6.04 Å². The van der Waals surface area contributed by atoms with E-state index in [0.717, 1.165) is 19.4 Å². The molecule has 2 fully saturated rings. The molecule has 2 amide bonds. The normalized spacial score (nSPS) is 26.3. The van der Waals surface area contributed by atoms with Gasteiger partial charge in [0.15, 0.2) is 0 Å². The summed E-state index contributed by atoms with van der Waals surface area (Å²) < 4.78 is 0. The van der Waals surface area contributed by atoms with Gasteiger partial charge in [-0.1, -0.05) is 23.2 Å². The molecule has 5 nitrogen and oxygen atoms in total. The number of amides is 2. The van der Waals surface area contributed by atoms with Crippen LogP contribution in [0.3, 0.4) is 0 Å². The van der Waals surface area contributed by atoms with Crippen molar-refractivity contribution in [3.05, 3.63) is 28.2 Å². The van der Waals surface area contributed by atoms with Crippen LogP contribution >= 0.6 is 35.6 Å². The number of halogens is 3. The molecule has 2 saturated heterocycles. The van der Waals surface area contributed by atoms with Crippen LogP contribution in [0.1, 0.15) is 26.2 Å². The lowest BCUT2D eigenvalue weighted by Crippen LogP contribution is -2.47. The molecule has 8 heteroatoms. The van der Waals surface area contributed by atoms with Crippen molar-refractivity contribution < 1.29 is 9.59 Å². The number of nitrogens with zero attached hydrogens (tertiary/aromatic N) is 1. The van der Waals surface area contributed by atoms with Crippen LogP contribution in [0.5, 0.6) is 0 Å². The van der Waals surface area contributed by atoms with Gasteiger partial charge in [0, 0.05) is 24.2 Å². The Labute approximate surface area is 163 Å². The number of piperidine rings is 1. The Morgan fingerprint density at radius 3 is 2.72 bits per heavy atom. The highest BCUT2D eigenvalue weighted by Crippen LogP contribution is 2.29. The van der Waals surface area contributed by atoms with E-state index in [1.54, 1.807) is 23.1 Å². The molecule has 0 aliphatic carbocycles. The van der Waals surface area contributed by atoms with Gasteiger partial charge >= 0.3 is 0 Å². The first kappa shape index (κ1) is 20.3. The second-order valence-electron chi connectivity index (χ2n) is 6.51. The third-order valence-corrected chi connectivity index (χ3v) is 5.47. The van der Waals surface area contributed by atoms with Crippen molar-refractivity contribution >= 4 is 53.1 Å². The quantitative estimate of drug-likeness (QED) is 0.811. The predicted octanol–water partition coefficient (Wildman–Crippen LogP) is 3.02. The van der Waals surface area contributed by atoms with Gasteiger partial charge in [0.05, 0.1) is 10.0 Å². The zero-order chi connectivity index (χ0) is 17.3. The topological polar surface area (TPSA) is 61.4 Å². The zero-order valence-electron chi connectivity index (χ0n) is 13.9. The first-order chi connectivity index (χ1) is 11.5. The van der Waals surface area contributed by atoms with Crippen LogP contribution in [0.25, 0.3) is 0 Å². The number of hydrogen-bond acceptors (Lipinski definition) is 3. The van der Waals surface area contributed by atoms with Gasteiger partial charge in [-0.05, 0) is 50.9 Å². The number of carbonyl (C=O) groups excluding carboxylic acids is 2. The fraction of sp³-hybridized carbons (Fsp3) is 0.529. The fourth-order valence-corrected chi connectivity index (χ4v) is 3.68. The molecular weight excluding hydrogens is 385 g/mol. The van der Waals surface area contributed by atoms with E-state index >= 15 is 0 Å². The van der Waals surface area contributed by atoms with Crippen LogP contribution < -0.4 is 15.5 Å². The molecule has 2 aliphatic heterocycles. The molecule has 1 aromatic carbocycles. The van der Waals surface area contributed by atoms with Crippen LogP contribution in [0.4, 0.5) is 5.69 Å². The minimum atomic E-state index is -0.461. The van der Waals surface area contributed by atoms with E-state index in [1.807, 2.05) is 0 Å². The third kappa shape index (κ3) is 4.59. The van der Waals surface area contributed by atoms with Gasteiger partial charge < -0.3 is 15.5 Å². The maximum Gasteiger partial charge on any atom is 0.249 e. The average Bonchev–Trinajstić information content (AvgIpc) is 2.91. The van der Waals surface area contributed by atoms with Crippen molar-refractivity contribution in [1.82, 2.24) is 10.6 Å². The van der Waals surface area contributed by atoms with Crippen molar-refractivity contribution in [2.45, 2.75) is 38.3 Å². The molecule has 3 atom stereocenters. The molecule has 138 valence electrons. The van der Waals surface area contributed by atoms with E-state index in [0.29, 0.717) is 34.7 Å². The van der Waals surface area contributed by atoms with Gasteiger partial charge in [0.2, 0.25) is 11.8 Å². The second-order valence-corrected chi connectivity index (χ2v) is 7.33. The SMILES string of the molecule is C[C@H]1C[C@@H](C(=O)NC2CCN(c3ccc(Cl)c(Cl)c3)C2=O)CCN1.Cl. The molecule has 0 radical (unpaired) electrons. The standard InChI is InChI=1S/C17H21Cl2N3O2.ClH/c1-10-8-11(4-6-20-10)16(23)21-15-5-7-22(17(15)24)12-2-3-13(18)14(19)9-12;/h2-3,9-11,15,20H,4-8H2,1H3,(H,21,23);1H/t10-,11-,15?;/m0./s1. The molecule has 0 bridgehead atoms. The number of rotatable bonds is 3. The highest BCUT2D eigenvalue weighted by molar-refractivity contribution is 6.42. The lowest BCUT2D eigenvalue weighted by atomic mass is 9.92. The maximum absolute atomic E-state index is 12.6. The molecule has 0 saturated carbocycles. The Kier molecular flexibility index (Phi) is 6.97. The Bertz CT molecular complexity index is 656. The van der Waals surface area contributed by atoms with E-state index in [-0.39, 0.29) is 30.1 Å². The summed E-state index contributed by atoms with van der Waals surface area (Å²) in [6, 6.07) is 5.00. The summed E-state index contributed by atoms with van der Waals surface area (Å²) in [5.41, 5.74) is 0.710. The van der Waals surface area contributed by atoms with Gasteiger partial charge in [-0.25, -0.2) is 0 Å². The van der Waals surface area contributed by atoms with Crippen molar-refractivity contribution in [3.63, 3.8) is 0 Å². The van der Waals surface area contributed by atoms with Crippen molar-refractivity contribution in [2.24, 2.45) is 5.92 Å². The zero-order valence-corrected chi connectivity index (χ0v) is 16.3. The Balaban J connectivity index is 0.00000225. The lowest BCUT2D eigenvalue weighted by molar-refractivity contribution is -0.130.